The van der Waals surface area contributed by atoms with Gasteiger partial charge < -0.3 is 9.80 Å². The molecule has 0 spiro atoms. The third-order valence-corrected chi connectivity index (χ3v) is 5.33. The molecule has 2 amide bonds. The van der Waals surface area contributed by atoms with Crippen LogP contribution in [0.5, 0.6) is 0 Å². The third kappa shape index (κ3) is 2.84. The number of rotatable bonds is 4. The Kier molecular flexibility index (Phi) is 3.79. The largest absolute Gasteiger partial charge is 0.338 e. The predicted molar refractivity (Wildman–Crippen MR) is 82.2 cm³/mol. The SMILES string of the molecule is O=C1CCCN1Cc1cn(C2CN(C(=O)C3CCCC3)C2)nn1. The van der Waals surface area contributed by atoms with Gasteiger partial charge in [-0.25, -0.2) is 4.68 Å². The Morgan fingerprint density at radius 2 is 2.00 bits per heavy atom. The van der Waals surface area contributed by atoms with Crippen LogP contribution in [-0.2, 0) is 16.1 Å². The van der Waals surface area contributed by atoms with Gasteiger partial charge in [0.2, 0.25) is 11.8 Å². The first-order valence-electron chi connectivity index (χ1n) is 8.68. The summed E-state index contributed by atoms with van der Waals surface area (Å²) in [6.07, 6.45) is 8.00. The second-order valence-corrected chi connectivity index (χ2v) is 6.99. The molecule has 0 aromatic carbocycles. The van der Waals surface area contributed by atoms with Gasteiger partial charge in [0.1, 0.15) is 5.69 Å². The van der Waals surface area contributed by atoms with E-state index in [0.29, 0.717) is 18.9 Å². The number of carbonyl (C=O) groups excluding carboxylic acids is 2. The molecule has 0 unspecified atom stereocenters. The Balaban J connectivity index is 1.30. The Hall–Kier alpha value is -1.92. The highest BCUT2D eigenvalue weighted by Crippen LogP contribution is 2.30. The lowest BCUT2D eigenvalue weighted by molar-refractivity contribution is -0.141. The van der Waals surface area contributed by atoms with Gasteiger partial charge >= 0.3 is 0 Å². The summed E-state index contributed by atoms with van der Waals surface area (Å²) < 4.78 is 1.86. The maximum Gasteiger partial charge on any atom is 0.225 e. The van der Waals surface area contributed by atoms with Crippen LogP contribution in [0.25, 0.3) is 0 Å². The third-order valence-electron chi connectivity index (χ3n) is 5.33. The number of aromatic nitrogens is 3. The predicted octanol–water partition coefficient (Wildman–Crippen LogP) is 0.974. The van der Waals surface area contributed by atoms with Crippen LogP contribution in [-0.4, -0.2) is 56.2 Å². The van der Waals surface area contributed by atoms with E-state index in [9.17, 15) is 9.59 Å². The summed E-state index contributed by atoms with van der Waals surface area (Å²) >= 11 is 0. The monoisotopic (exact) mass is 317 g/mol. The quantitative estimate of drug-likeness (QED) is 0.830. The highest BCUT2D eigenvalue weighted by molar-refractivity contribution is 5.80. The van der Waals surface area contributed by atoms with Gasteiger partial charge in [-0.1, -0.05) is 18.1 Å². The summed E-state index contributed by atoms with van der Waals surface area (Å²) in [6.45, 7) is 2.84. The fourth-order valence-corrected chi connectivity index (χ4v) is 3.86. The van der Waals surface area contributed by atoms with Crippen LogP contribution in [0.3, 0.4) is 0 Å². The molecule has 3 fully saturated rings. The molecule has 2 saturated heterocycles. The van der Waals surface area contributed by atoms with Crippen molar-refractivity contribution in [2.24, 2.45) is 5.92 Å². The molecule has 3 aliphatic rings. The van der Waals surface area contributed by atoms with Gasteiger partial charge in [0.05, 0.1) is 18.8 Å². The fourth-order valence-electron chi connectivity index (χ4n) is 3.86. The zero-order valence-electron chi connectivity index (χ0n) is 13.4. The Morgan fingerprint density at radius 3 is 2.70 bits per heavy atom. The first-order valence-corrected chi connectivity index (χ1v) is 8.68. The molecule has 124 valence electrons. The molecule has 1 aliphatic carbocycles. The van der Waals surface area contributed by atoms with Gasteiger partial charge in [0.25, 0.3) is 0 Å². The van der Waals surface area contributed by atoms with Crippen LogP contribution in [0.2, 0.25) is 0 Å². The number of hydrogen-bond donors (Lipinski definition) is 0. The normalized spacial score (nSPS) is 22.9. The summed E-state index contributed by atoms with van der Waals surface area (Å²) in [4.78, 5) is 27.8. The van der Waals surface area contributed by atoms with Gasteiger partial charge in [0.15, 0.2) is 0 Å². The van der Waals surface area contributed by atoms with E-state index < -0.39 is 0 Å². The molecule has 7 heteroatoms. The van der Waals surface area contributed by atoms with Crippen molar-refractivity contribution >= 4 is 11.8 Å². The van der Waals surface area contributed by atoms with Crippen molar-refractivity contribution < 1.29 is 9.59 Å². The average molecular weight is 317 g/mol. The zero-order valence-corrected chi connectivity index (χ0v) is 13.4. The number of hydrogen-bond acceptors (Lipinski definition) is 4. The minimum absolute atomic E-state index is 0.205. The number of nitrogens with zero attached hydrogens (tertiary/aromatic N) is 5. The molecular formula is C16H23N5O2. The van der Waals surface area contributed by atoms with Crippen molar-refractivity contribution in [1.29, 1.82) is 0 Å². The van der Waals surface area contributed by atoms with E-state index in [1.54, 1.807) is 0 Å². The molecule has 3 heterocycles. The Bertz CT molecular complexity index is 601. The molecule has 23 heavy (non-hydrogen) atoms. The molecule has 2 aliphatic heterocycles. The fraction of sp³-hybridized carbons (Fsp3) is 0.750. The molecule has 0 bridgehead atoms. The van der Waals surface area contributed by atoms with Gasteiger partial charge in [0, 0.05) is 32.0 Å². The standard InChI is InChI=1S/C16H23N5O2/c22-15-6-3-7-19(15)8-13-9-21(18-17-13)14-10-20(11-14)16(23)12-4-1-2-5-12/h9,12,14H,1-8,10-11H2. The first kappa shape index (κ1) is 14.7. The van der Waals surface area contributed by atoms with Crippen LogP contribution in [0.4, 0.5) is 0 Å². The lowest BCUT2D eigenvalue weighted by Crippen LogP contribution is -2.52. The highest BCUT2D eigenvalue weighted by atomic mass is 16.2. The van der Waals surface area contributed by atoms with Crippen molar-refractivity contribution in [3.8, 4) is 0 Å². The number of amides is 2. The second-order valence-electron chi connectivity index (χ2n) is 6.99. The van der Waals surface area contributed by atoms with Crippen molar-refractivity contribution in [2.75, 3.05) is 19.6 Å². The molecule has 7 nitrogen and oxygen atoms in total. The zero-order chi connectivity index (χ0) is 15.8. The van der Waals surface area contributed by atoms with Crippen molar-refractivity contribution in [3.63, 3.8) is 0 Å². The minimum Gasteiger partial charge on any atom is -0.338 e. The Morgan fingerprint density at radius 1 is 1.22 bits per heavy atom. The van der Waals surface area contributed by atoms with Gasteiger partial charge in [-0.2, -0.15) is 0 Å². The molecular weight excluding hydrogens is 294 g/mol. The van der Waals surface area contributed by atoms with Crippen molar-refractivity contribution in [3.05, 3.63) is 11.9 Å². The van der Waals surface area contributed by atoms with Crippen LogP contribution < -0.4 is 0 Å². The molecule has 1 aromatic heterocycles. The number of likely N-dealkylation sites (tertiary alicyclic amines) is 2. The van der Waals surface area contributed by atoms with Crippen LogP contribution >= 0.6 is 0 Å². The van der Waals surface area contributed by atoms with E-state index in [1.807, 2.05) is 20.7 Å². The summed E-state index contributed by atoms with van der Waals surface area (Å²) in [5.41, 5.74) is 0.834. The topological polar surface area (TPSA) is 71.3 Å². The minimum atomic E-state index is 0.205. The highest BCUT2D eigenvalue weighted by Gasteiger charge is 2.36. The summed E-state index contributed by atoms with van der Waals surface area (Å²) in [5.74, 6) is 0.779. The summed E-state index contributed by atoms with van der Waals surface area (Å²) in [5, 5.41) is 8.37. The molecule has 0 radical (unpaired) electrons. The lowest BCUT2D eigenvalue weighted by Gasteiger charge is -2.40. The van der Waals surface area contributed by atoms with Crippen molar-refractivity contribution in [2.45, 2.75) is 51.1 Å². The molecule has 0 N–H and O–H groups in total. The van der Waals surface area contributed by atoms with Crippen LogP contribution in [0, 0.1) is 5.92 Å². The van der Waals surface area contributed by atoms with Gasteiger partial charge in [-0.15, -0.1) is 5.10 Å². The van der Waals surface area contributed by atoms with Crippen LogP contribution in [0.15, 0.2) is 6.20 Å². The molecule has 4 rings (SSSR count). The van der Waals surface area contributed by atoms with E-state index >= 15 is 0 Å². The van der Waals surface area contributed by atoms with E-state index in [4.69, 9.17) is 0 Å². The average Bonchev–Trinajstić information content (AvgIpc) is 3.21. The van der Waals surface area contributed by atoms with E-state index in [-0.39, 0.29) is 17.9 Å². The summed E-state index contributed by atoms with van der Waals surface area (Å²) in [6, 6.07) is 0.232. The smallest absolute Gasteiger partial charge is 0.225 e. The Labute approximate surface area is 135 Å². The molecule has 1 saturated carbocycles. The maximum atomic E-state index is 12.3. The first-order chi connectivity index (χ1) is 11.2. The van der Waals surface area contributed by atoms with E-state index in [1.165, 1.54) is 12.8 Å². The van der Waals surface area contributed by atoms with Gasteiger partial charge in [-0.05, 0) is 19.3 Å². The lowest BCUT2D eigenvalue weighted by atomic mass is 10.0. The number of carbonyl (C=O) groups is 2. The van der Waals surface area contributed by atoms with Gasteiger partial charge in [-0.3, -0.25) is 9.59 Å². The molecule has 0 atom stereocenters. The van der Waals surface area contributed by atoms with Crippen molar-refractivity contribution in [1.82, 2.24) is 24.8 Å². The van der Waals surface area contributed by atoms with E-state index in [0.717, 1.165) is 44.6 Å². The van der Waals surface area contributed by atoms with E-state index in [2.05, 4.69) is 10.3 Å². The molecule has 1 aromatic rings. The second kappa shape index (κ2) is 5.94. The summed E-state index contributed by atoms with van der Waals surface area (Å²) in [7, 11) is 0. The van der Waals surface area contributed by atoms with Crippen LogP contribution in [0.1, 0.15) is 50.3 Å². The maximum absolute atomic E-state index is 12.3.